The summed E-state index contributed by atoms with van der Waals surface area (Å²) < 4.78 is 48.5. The van der Waals surface area contributed by atoms with E-state index in [0.717, 1.165) is 35.7 Å². The van der Waals surface area contributed by atoms with Crippen molar-refractivity contribution in [1.29, 1.82) is 0 Å². The first-order valence-corrected chi connectivity index (χ1v) is 15.1. The fraction of sp³-hybridized carbons (Fsp3) is 0.714. The average molecular weight is 497 g/mol. The van der Waals surface area contributed by atoms with E-state index in [4.69, 9.17) is 18.1 Å². The molecule has 1 N–H and O–H groups in total. The number of aryl methyl sites for hydroxylation is 2. The van der Waals surface area contributed by atoms with Gasteiger partial charge in [-0.15, -0.1) is 0 Å². The highest BCUT2D eigenvalue weighted by Crippen LogP contribution is 2.74. The Hall–Kier alpha value is -0.330. The number of aromatic hydroxyl groups is 1. The molecule has 0 aliphatic rings. The Labute approximate surface area is 191 Å². The molecule has 0 aliphatic carbocycles. The highest BCUT2D eigenvalue weighted by atomic mass is 32.2. The normalized spacial score (nSPS) is 12.6. The molecule has 0 spiro atoms. The topological polar surface area (TPSA) is 91.3 Å². The van der Waals surface area contributed by atoms with Gasteiger partial charge in [-0.25, -0.2) is 0 Å². The van der Waals surface area contributed by atoms with Crippen LogP contribution in [0.3, 0.4) is 0 Å². The molecule has 10 heteroatoms. The van der Waals surface area contributed by atoms with Crippen LogP contribution in [0, 0.1) is 0 Å². The molecule has 7 nitrogen and oxygen atoms in total. The molecule has 1 rings (SSSR count). The second kappa shape index (κ2) is 14.0. The summed E-state index contributed by atoms with van der Waals surface area (Å²) in [6.45, 7) is 11.4. The molecule has 0 atom stereocenters. The van der Waals surface area contributed by atoms with E-state index in [1.165, 1.54) is 0 Å². The third-order valence-electron chi connectivity index (χ3n) is 4.30. The van der Waals surface area contributed by atoms with Crippen LogP contribution in [0.2, 0.25) is 0 Å². The van der Waals surface area contributed by atoms with Gasteiger partial charge in [0, 0.05) is 4.90 Å². The van der Waals surface area contributed by atoms with E-state index in [1.807, 2.05) is 26.0 Å². The molecule has 1 aromatic carbocycles. The Morgan fingerprint density at radius 2 is 1.13 bits per heavy atom. The number of thioether (sulfide) groups is 1. The highest BCUT2D eigenvalue weighted by molar-refractivity contribution is 8.12. The summed E-state index contributed by atoms with van der Waals surface area (Å²) in [6.07, 6.45) is 3.13. The fourth-order valence-corrected chi connectivity index (χ4v) is 10.6. The van der Waals surface area contributed by atoms with E-state index in [2.05, 4.69) is 0 Å². The van der Waals surface area contributed by atoms with E-state index in [9.17, 15) is 14.2 Å². The number of hydrogen-bond donors (Lipinski definition) is 1. The minimum atomic E-state index is -3.86. The minimum Gasteiger partial charge on any atom is -0.507 e. The molecule has 31 heavy (non-hydrogen) atoms. The summed E-state index contributed by atoms with van der Waals surface area (Å²) in [4.78, 5) is 0.717. The molecule has 0 bridgehead atoms. The monoisotopic (exact) mass is 496 g/mol. The van der Waals surface area contributed by atoms with Gasteiger partial charge in [-0.3, -0.25) is 9.13 Å². The molecule has 0 saturated heterocycles. The van der Waals surface area contributed by atoms with E-state index in [0.29, 0.717) is 23.5 Å². The van der Waals surface area contributed by atoms with Crippen molar-refractivity contribution in [3.8, 4) is 5.75 Å². The molecule has 1 aromatic rings. The predicted molar refractivity (Wildman–Crippen MR) is 127 cm³/mol. The number of benzene rings is 1. The van der Waals surface area contributed by atoms with E-state index in [1.54, 1.807) is 27.7 Å². The second-order valence-corrected chi connectivity index (χ2v) is 13.3. The fourth-order valence-electron chi connectivity index (χ4n) is 3.19. The zero-order chi connectivity index (χ0) is 23.5. The van der Waals surface area contributed by atoms with Crippen molar-refractivity contribution in [3.05, 3.63) is 23.3 Å². The quantitative estimate of drug-likeness (QED) is 0.190. The molecule has 0 aromatic heterocycles. The first kappa shape index (κ1) is 28.7. The largest absolute Gasteiger partial charge is 0.507 e. The van der Waals surface area contributed by atoms with Crippen LogP contribution in [0.5, 0.6) is 5.75 Å². The molecule has 0 aliphatic heterocycles. The number of phenolic OH excluding ortho intramolecular Hbond substituents is 1. The number of hydrogen-bond acceptors (Lipinski definition) is 8. The predicted octanol–water partition coefficient (Wildman–Crippen LogP) is 7.21. The number of phenols is 1. The maximum Gasteiger partial charge on any atom is 0.356 e. The Morgan fingerprint density at radius 1 is 0.774 bits per heavy atom. The van der Waals surface area contributed by atoms with Crippen molar-refractivity contribution < 1.29 is 32.3 Å². The lowest BCUT2D eigenvalue weighted by atomic mass is 10.0. The Bertz CT molecular complexity index is 695. The Kier molecular flexibility index (Phi) is 13.0. The van der Waals surface area contributed by atoms with Gasteiger partial charge in [0.1, 0.15) is 5.75 Å². The van der Waals surface area contributed by atoms with Crippen LogP contribution in [0.15, 0.2) is 17.0 Å². The molecule has 0 saturated carbocycles. The molecule has 0 unspecified atom stereocenters. The van der Waals surface area contributed by atoms with Crippen molar-refractivity contribution in [1.82, 2.24) is 0 Å². The lowest BCUT2D eigenvalue weighted by Crippen LogP contribution is -2.15. The van der Waals surface area contributed by atoms with E-state index >= 15 is 0 Å². The van der Waals surface area contributed by atoms with Gasteiger partial charge < -0.3 is 23.2 Å². The first-order chi connectivity index (χ1) is 14.7. The summed E-state index contributed by atoms with van der Waals surface area (Å²) in [7, 11) is -7.72. The van der Waals surface area contributed by atoms with Crippen LogP contribution >= 0.6 is 27.0 Å². The Balaban J connectivity index is 3.60. The summed E-state index contributed by atoms with van der Waals surface area (Å²) in [5, 5.41) is 10.6. The van der Waals surface area contributed by atoms with Crippen LogP contribution in [0.4, 0.5) is 0 Å². The van der Waals surface area contributed by atoms with Gasteiger partial charge in [-0.05, 0) is 63.8 Å². The van der Waals surface area contributed by atoms with Gasteiger partial charge in [-0.1, -0.05) is 38.5 Å². The maximum absolute atomic E-state index is 13.8. The second-order valence-electron chi connectivity index (χ2n) is 6.79. The van der Waals surface area contributed by atoms with Crippen molar-refractivity contribution >= 4 is 27.0 Å². The van der Waals surface area contributed by atoms with E-state index in [-0.39, 0.29) is 26.4 Å². The zero-order valence-corrected chi connectivity index (χ0v) is 22.2. The smallest absolute Gasteiger partial charge is 0.356 e. The summed E-state index contributed by atoms with van der Waals surface area (Å²) in [5.41, 5.74) is 1.61. The van der Waals surface area contributed by atoms with Gasteiger partial charge >= 0.3 is 15.2 Å². The number of rotatable bonds is 16. The third-order valence-corrected chi connectivity index (χ3v) is 12.5. The molecular formula is C21H38O7P2S. The lowest BCUT2D eigenvalue weighted by Gasteiger charge is -2.31. The summed E-state index contributed by atoms with van der Waals surface area (Å²) in [5.74, 6) is 0.292. The van der Waals surface area contributed by atoms with E-state index < -0.39 is 19.9 Å². The molecule has 0 amide bonds. The molecule has 0 fully saturated rings. The van der Waals surface area contributed by atoms with Gasteiger partial charge in [0.05, 0.1) is 26.4 Å². The molecule has 0 radical (unpaired) electrons. The maximum atomic E-state index is 13.8. The summed E-state index contributed by atoms with van der Waals surface area (Å²) in [6, 6.07) is 3.69. The van der Waals surface area contributed by atoms with Crippen molar-refractivity contribution in [2.45, 2.75) is 76.9 Å². The molecule has 0 heterocycles. The van der Waals surface area contributed by atoms with Crippen molar-refractivity contribution in [2.75, 3.05) is 26.4 Å². The van der Waals surface area contributed by atoms with Crippen molar-refractivity contribution in [2.24, 2.45) is 0 Å². The van der Waals surface area contributed by atoms with Crippen LogP contribution < -0.4 is 0 Å². The van der Waals surface area contributed by atoms with Crippen LogP contribution in [0.1, 0.15) is 65.5 Å². The zero-order valence-electron chi connectivity index (χ0n) is 19.6. The Morgan fingerprint density at radius 3 is 1.42 bits per heavy atom. The van der Waals surface area contributed by atoms with Crippen LogP contribution in [-0.4, -0.2) is 36.3 Å². The van der Waals surface area contributed by atoms with Gasteiger partial charge in [0.15, 0.2) is 0 Å². The van der Waals surface area contributed by atoms with Gasteiger partial charge in [0.2, 0.25) is 4.73 Å². The van der Waals surface area contributed by atoms with Crippen LogP contribution in [0.25, 0.3) is 0 Å². The van der Waals surface area contributed by atoms with Crippen LogP contribution in [-0.2, 0) is 40.1 Å². The third kappa shape index (κ3) is 7.89. The summed E-state index contributed by atoms with van der Waals surface area (Å²) >= 11 is 1.11. The lowest BCUT2D eigenvalue weighted by molar-refractivity contribution is 0.203. The highest BCUT2D eigenvalue weighted by Gasteiger charge is 2.51. The standard InChI is InChI=1S/C21H38O7P2S/c1-7-13-17-15-19(16-18(14-8-2)20(17)22)31-21(29(23,25-9-3)26-10-4)30(24,27-11-5)28-12-6/h15-16,21-22H,7-14H2,1-6H3. The first-order valence-electron chi connectivity index (χ1n) is 11.0. The van der Waals surface area contributed by atoms with Gasteiger partial charge in [-0.2, -0.15) is 0 Å². The molecular weight excluding hydrogens is 458 g/mol. The van der Waals surface area contributed by atoms with Crippen molar-refractivity contribution in [3.63, 3.8) is 0 Å². The van der Waals surface area contributed by atoms with Gasteiger partial charge in [0.25, 0.3) is 0 Å². The molecule has 180 valence electrons. The SMILES string of the molecule is CCCc1cc(SC(P(=O)(OCC)OCC)P(=O)(OCC)OCC)cc(CCC)c1O. The average Bonchev–Trinajstić information content (AvgIpc) is 2.70. The minimum absolute atomic E-state index is 0.129.